The van der Waals surface area contributed by atoms with E-state index in [1.165, 1.54) is 22.3 Å². The third-order valence-electron chi connectivity index (χ3n) is 5.09. The first kappa shape index (κ1) is 14.0. The normalized spacial score (nSPS) is 16.5. The summed E-state index contributed by atoms with van der Waals surface area (Å²) in [5.74, 6) is 0.165. The third kappa shape index (κ3) is 1.90. The lowest BCUT2D eigenvalue weighted by Gasteiger charge is -2.21. The summed E-state index contributed by atoms with van der Waals surface area (Å²) in [4.78, 5) is 12.7. The number of allylic oxidation sites excluding steroid dienone is 5. The summed E-state index contributed by atoms with van der Waals surface area (Å²) in [6.45, 7) is 6.11. The van der Waals surface area contributed by atoms with Crippen LogP contribution in [0.2, 0.25) is 0 Å². The number of carbonyl (C=O) groups excluding carboxylic acids is 1. The molecule has 0 unspecified atom stereocenters. The van der Waals surface area contributed by atoms with E-state index >= 15 is 0 Å². The summed E-state index contributed by atoms with van der Waals surface area (Å²) in [6, 6.07) is 16.7. The minimum absolute atomic E-state index is 0.165. The van der Waals surface area contributed by atoms with Gasteiger partial charge in [-0.1, -0.05) is 48.5 Å². The largest absolute Gasteiger partial charge is 0.289 e. The molecule has 1 nitrogen and oxygen atoms in total. The Bertz CT molecular complexity index is 937. The molecule has 0 aromatic heterocycles. The number of hydrogen-bond donors (Lipinski definition) is 0. The highest BCUT2D eigenvalue weighted by Crippen LogP contribution is 2.47. The van der Waals surface area contributed by atoms with Gasteiger partial charge in [0.1, 0.15) is 0 Å². The zero-order valence-electron chi connectivity index (χ0n) is 13.6. The van der Waals surface area contributed by atoms with Crippen LogP contribution in [-0.4, -0.2) is 5.78 Å². The van der Waals surface area contributed by atoms with E-state index in [2.05, 4.69) is 62.4 Å². The molecule has 2 aromatic rings. The smallest absolute Gasteiger partial charge is 0.189 e. The number of benzene rings is 2. The molecule has 0 saturated carbocycles. The highest BCUT2D eigenvalue weighted by atomic mass is 16.1. The molecule has 2 aromatic carbocycles. The molecule has 0 saturated heterocycles. The quantitative estimate of drug-likeness (QED) is 0.685. The Morgan fingerprint density at radius 1 is 0.739 bits per heavy atom. The average molecular weight is 298 g/mol. The van der Waals surface area contributed by atoms with Crippen LogP contribution in [0, 0.1) is 0 Å². The SMILES string of the molecule is CC1=C(C)C(C)=C2C(=Cc3cccc(-c4ccccc4)c32)C1=O. The lowest BCUT2D eigenvalue weighted by molar-refractivity contribution is -0.111. The monoisotopic (exact) mass is 298 g/mol. The first-order valence-corrected chi connectivity index (χ1v) is 7.94. The molecule has 0 radical (unpaired) electrons. The topological polar surface area (TPSA) is 17.1 Å². The van der Waals surface area contributed by atoms with Crippen LogP contribution in [0.1, 0.15) is 31.9 Å². The lowest BCUT2D eigenvalue weighted by Crippen LogP contribution is -2.12. The van der Waals surface area contributed by atoms with E-state index < -0.39 is 0 Å². The van der Waals surface area contributed by atoms with Gasteiger partial charge in [0.2, 0.25) is 0 Å². The van der Waals surface area contributed by atoms with E-state index in [-0.39, 0.29) is 5.78 Å². The molecular weight excluding hydrogens is 280 g/mol. The van der Waals surface area contributed by atoms with Crippen LogP contribution in [0.4, 0.5) is 0 Å². The van der Waals surface area contributed by atoms with E-state index in [4.69, 9.17) is 0 Å². The first-order valence-electron chi connectivity index (χ1n) is 7.94. The summed E-state index contributed by atoms with van der Waals surface area (Å²) >= 11 is 0. The van der Waals surface area contributed by atoms with Crippen LogP contribution in [0.5, 0.6) is 0 Å². The molecule has 0 amide bonds. The Morgan fingerprint density at radius 2 is 1.48 bits per heavy atom. The molecule has 0 fully saturated rings. The second-order valence-corrected chi connectivity index (χ2v) is 6.27. The first-order chi connectivity index (χ1) is 11.1. The van der Waals surface area contributed by atoms with Crippen molar-refractivity contribution in [1.82, 2.24) is 0 Å². The fourth-order valence-electron chi connectivity index (χ4n) is 3.60. The van der Waals surface area contributed by atoms with Crippen molar-refractivity contribution in [3.63, 3.8) is 0 Å². The van der Waals surface area contributed by atoms with Gasteiger partial charge in [-0.3, -0.25) is 4.79 Å². The zero-order valence-corrected chi connectivity index (χ0v) is 13.6. The van der Waals surface area contributed by atoms with Crippen molar-refractivity contribution in [2.45, 2.75) is 20.8 Å². The van der Waals surface area contributed by atoms with Crippen molar-refractivity contribution < 1.29 is 4.79 Å². The van der Waals surface area contributed by atoms with E-state index in [1.807, 2.05) is 13.0 Å². The molecule has 0 aliphatic heterocycles. The van der Waals surface area contributed by atoms with Crippen LogP contribution in [0.15, 0.2) is 70.8 Å². The molecular formula is C22H18O. The van der Waals surface area contributed by atoms with Gasteiger partial charge >= 0.3 is 0 Å². The van der Waals surface area contributed by atoms with Crippen molar-refractivity contribution in [3.05, 3.63) is 82.0 Å². The zero-order chi connectivity index (χ0) is 16.1. The maximum absolute atomic E-state index is 12.7. The molecule has 2 aliphatic carbocycles. The Morgan fingerprint density at radius 3 is 2.22 bits per heavy atom. The van der Waals surface area contributed by atoms with Crippen molar-refractivity contribution in [3.8, 4) is 11.1 Å². The second-order valence-electron chi connectivity index (χ2n) is 6.27. The molecule has 0 N–H and O–H groups in total. The summed E-state index contributed by atoms with van der Waals surface area (Å²) < 4.78 is 0. The molecule has 2 aliphatic rings. The fourth-order valence-corrected chi connectivity index (χ4v) is 3.60. The number of fused-ring (bicyclic) bond motifs is 3. The molecule has 0 bridgehead atoms. The molecule has 1 heteroatoms. The van der Waals surface area contributed by atoms with Crippen molar-refractivity contribution in [2.75, 3.05) is 0 Å². The summed E-state index contributed by atoms with van der Waals surface area (Å²) in [6.07, 6.45) is 2.05. The molecule has 0 atom stereocenters. The predicted molar refractivity (Wildman–Crippen MR) is 95.8 cm³/mol. The predicted octanol–water partition coefficient (Wildman–Crippen LogP) is 5.44. The minimum atomic E-state index is 0.165. The van der Waals surface area contributed by atoms with Gasteiger partial charge < -0.3 is 0 Å². The van der Waals surface area contributed by atoms with Gasteiger partial charge in [0.15, 0.2) is 5.78 Å². The molecule has 23 heavy (non-hydrogen) atoms. The number of hydrogen-bond acceptors (Lipinski definition) is 1. The van der Waals surface area contributed by atoms with Gasteiger partial charge in [-0.05, 0) is 65.8 Å². The van der Waals surface area contributed by atoms with Crippen molar-refractivity contribution >= 4 is 17.4 Å². The van der Waals surface area contributed by atoms with E-state index in [0.29, 0.717) is 0 Å². The summed E-state index contributed by atoms with van der Waals surface area (Å²) in [5.41, 5.74) is 9.90. The van der Waals surface area contributed by atoms with Gasteiger partial charge in [0, 0.05) is 11.1 Å². The summed E-state index contributed by atoms with van der Waals surface area (Å²) in [7, 11) is 0. The van der Waals surface area contributed by atoms with Gasteiger partial charge in [-0.15, -0.1) is 0 Å². The molecule has 4 rings (SSSR count). The Balaban J connectivity index is 2.04. The Kier molecular flexibility index (Phi) is 2.99. The number of carbonyl (C=O) groups is 1. The molecule has 112 valence electrons. The van der Waals surface area contributed by atoms with E-state index in [0.717, 1.165) is 27.9 Å². The maximum atomic E-state index is 12.7. The summed E-state index contributed by atoms with van der Waals surface area (Å²) in [5, 5.41) is 0. The maximum Gasteiger partial charge on any atom is 0.189 e. The minimum Gasteiger partial charge on any atom is -0.289 e. The fraction of sp³-hybridized carbons (Fsp3) is 0.136. The van der Waals surface area contributed by atoms with Crippen molar-refractivity contribution in [1.29, 1.82) is 0 Å². The highest BCUT2D eigenvalue weighted by molar-refractivity contribution is 6.27. The number of rotatable bonds is 1. The van der Waals surface area contributed by atoms with Crippen LogP contribution in [0.25, 0.3) is 22.8 Å². The highest BCUT2D eigenvalue weighted by Gasteiger charge is 2.32. The lowest BCUT2D eigenvalue weighted by atomic mass is 9.81. The number of Topliss-reactive ketones (excluding diaryl/α,β-unsaturated/α-hetero) is 1. The van der Waals surface area contributed by atoms with Crippen molar-refractivity contribution in [2.24, 2.45) is 0 Å². The van der Waals surface area contributed by atoms with E-state index in [9.17, 15) is 4.79 Å². The van der Waals surface area contributed by atoms with Crippen LogP contribution < -0.4 is 0 Å². The van der Waals surface area contributed by atoms with E-state index in [1.54, 1.807) is 0 Å². The van der Waals surface area contributed by atoms with Gasteiger partial charge in [-0.25, -0.2) is 0 Å². The van der Waals surface area contributed by atoms with Crippen LogP contribution >= 0.6 is 0 Å². The standard InChI is InChI=1S/C22H18O/c1-13-14(2)20-19(22(23)15(13)3)12-17-10-7-11-18(21(17)20)16-8-5-4-6-9-16/h4-12H,1-3H3. The van der Waals surface area contributed by atoms with Crippen LogP contribution in [0.3, 0.4) is 0 Å². The third-order valence-corrected chi connectivity index (χ3v) is 5.09. The van der Waals surface area contributed by atoms with Gasteiger partial charge in [0.25, 0.3) is 0 Å². The Hall–Kier alpha value is -2.67. The second kappa shape index (κ2) is 4.92. The molecule has 0 heterocycles. The Labute approximate surface area is 136 Å². The molecule has 0 spiro atoms. The van der Waals surface area contributed by atoms with Crippen LogP contribution in [-0.2, 0) is 4.79 Å². The number of ketones is 1. The average Bonchev–Trinajstić information content (AvgIpc) is 2.98. The van der Waals surface area contributed by atoms with Gasteiger partial charge in [0.05, 0.1) is 0 Å². The van der Waals surface area contributed by atoms with Gasteiger partial charge in [-0.2, -0.15) is 0 Å².